The maximum absolute atomic E-state index is 11.8. The lowest BCUT2D eigenvalue weighted by Gasteiger charge is -2.29. The van der Waals surface area contributed by atoms with E-state index in [0.29, 0.717) is 24.0 Å². The van der Waals surface area contributed by atoms with Gasteiger partial charge in [0.15, 0.2) is 0 Å². The number of primary sulfonamides is 1. The average Bonchev–Trinajstić information content (AvgIpc) is 2.77. The summed E-state index contributed by atoms with van der Waals surface area (Å²) in [5.41, 5.74) is 0.630. The van der Waals surface area contributed by atoms with Crippen LogP contribution in [0.25, 0.3) is 0 Å². The Morgan fingerprint density at radius 3 is 2.55 bits per heavy atom. The van der Waals surface area contributed by atoms with Crippen molar-refractivity contribution in [1.29, 1.82) is 0 Å². The fourth-order valence-electron chi connectivity index (χ4n) is 3.46. The van der Waals surface area contributed by atoms with Crippen LogP contribution >= 0.6 is 15.9 Å². The SMILES string of the molecule is CCCCNC(=O)OC1CCC(Nc2nc(Nc3ccc(S(N)(=O)=O)cc3)ncc2Br)CC1. The largest absolute Gasteiger partial charge is 0.446 e. The molecule has 10 nitrogen and oxygen atoms in total. The third-order valence-electron chi connectivity index (χ3n) is 5.27. The minimum atomic E-state index is -3.74. The van der Waals surface area contributed by atoms with Crippen LogP contribution in [0.4, 0.5) is 22.2 Å². The Kier molecular flexibility index (Phi) is 8.87. The maximum atomic E-state index is 11.8. The predicted octanol–water partition coefficient (Wildman–Crippen LogP) is 3.88. The van der Waals surface area contributed by atoms with Crippen LogP contribution in [-0.2, 0) is 14.8 Å². The second kappa shape index (κ2) is 11.6. The first-order chi connectivity index (χ1) is 15.7. The van der Waals surface area contributed by atoms with E-state index < -0.39 is 10.0 Å². The van der Waals surface area contributed by atoms with Gasteiger partial charge in [-0.1, -0.05) is 13.3 Å². The number of unbranched alkanes of at least 4 members (excludes halogenated alkanes) is 1. The lowest BCUT2D eigenvalue weighted by atomic mass is 9.93. The highest BCUT2D eigenvalue weighted by Crippen LogP contribution is 2.28. The van der Waals surface area contributed by atoms with Crippen LogP contribution in [0.2, 0.25) is 0 Å². The molecule has 1 amide bonds. The molecule has 33 heavy (non-hydrogen) atoms. The van der Waals surface area contributed by atoms with Crippen molar-refractivity contribution in [3.05, 3.63) is 34.9 Å². The molecule has 0 saturated heterocycles. The maximum Gasteiger partial charge on any atom is 0.407 e. The molecule has 1 aliphatic rings. The smallest absolute Gasteiger partial charge is 0.407 e. The van der Waals surface area contributed by atoms with E-state index in [-0.39, 0.29) is 23.1 Å². The van der Waals surface area contributed by atoms with Crippen molar-refractivity contribution in [2.24, 2.45) is 5.14 Å². The van der Waals surface area contributed by atoms with Gasteiger partial charge in [0.1, 0.15) is 11.9 Å². The number of nitrogens with zero attached hydrogens (tertiary/aromatic N) is 2. The number of nitrogens with two attached hydrogens (primary N) is 1. The number of anilines is 3. The quantitative estimate of drug-likeness (QED) is 0.350. The number of amides is 1. The van der Waals surface area contributed by atoms with E-state index in [1.165, 1.54) is 12.1 Å². The molecule has 0 spiro atoms. The summed E-state index contributed by atoms with van der Waals surface area (Å²) < 4.78 is 29.0. The number of nitrogens with one attached hydrogen (secondary N) is 3. The first-order valence-corrected chi connectivity index (χ1v) is 13.2. The first kappa shape index (κ1) is 25.2. The van der Waals surface area contributed by atoms with Crippen LogP contribution in [0.15, 0.2) is 39.8 Å². The molecule has 1 saturated carbocycles. The van der Waals surface area contributed by atoms with Crippen molar-refractivity contribution in [2.45, 2.75) is 62.5 Å². The van der Waals surface area contributed by atoms with E-state index >= 15 is 0 Å². The van der Waals surface area contributed by atoms with Gasteiger partial charge in [0.05, 0.1) is 9.37 Å². The van der Waals surface area contributed by atoms with Gasteiger partial charge in [0.2, 0.25) is 16.0 Å². The number of halogens is 1. The van der Waals surface area contributed by atoms with Crippen LogP contribution in [0, 0.1) is 0 Å². The number of carbonyl (C=O) groups is 1. The van der Waals surface area contributed by atoms with E-state index in [1.54, 1.807) is 18.3 Å². The van der Waals surface area contributed by atoms with Crippen LogP contribution < -0.4 is 21.1 Å². The molecular formula is C21H29BrN6O4S. The summed E-state index contributed by atoms with van der Waals surface area (Å²) in [6.07, 6.45) is 6.46. The van der Waals surface area contributed by atoms with Crippen molar-refractivity contribution in [3.8, 4) is 0 Å². The molecular weight excluding hydrogens is 512 g/mol. The van der Waals surface area contributed by atoms with Gasteiger partial charge in [-0.05, 0) is 72.3 Å². The van der Waals surface area contributed by atoms with E-state index in [9.17, 15) is 13.2 Å². The molecule has 2 aromatic rings. The van der Waals surface area contributed by atoms with Crippen molar-refractivity contribution in [3.63, 3.8) is 0 Å². The summed E-state index contributed by atoms with van der Waals surface area (Å²) in [5, 5.41) is 14.4. The number of sulfonamides is 1. The topological polar surface area (TPSA) is 148 Å². The molecule has 0 bridgehead atoms. The van der Waals surface area contributed by atoms with Crippen molar-refractivity contribution >= 4 is 49.5 Å². The van der Waals surface area contributed by atoms with Crippen molar-refractivity contribution in [1.82, 2.24) is 15.3 Å². The van der Waals surface area contributed by atoms with Gasteiger partial charge in [-0.2, -0.15) is 4.98 Å². The van der Waals surface area contributed by atoms with Crippen molar-refractivity contribution in [2.75, 3.05) is 17.2 Å². The van der Waals surface area contributed by atoms with Gasteiger partial charge in [-0.25, -0.2) is 23.3 Å². The molecule has 1 aromatic carbocycles. The first-order valence-electron chi connectivity index (χ1n) is 10.9. The number of rotatable bonds is 9. The van der Waals surface area contributed by atoms with Crippen LogP contribution in [0.3, 0.4) is 0 Å². The van der Waals surface area contributed by atoms with Gasteiger partial charge in [-0.15, -0.1) is 0 Å². The number of hydrogen-bond acceptors (Lipinski definition) is 8. The number of alkyl carbamates (subject to hydrolysis) is 1. The molecule has 1 fully saturated rings. The lowest BCUT2D eigenvalue weighted by molar-refractivity contribution is 0.0732. The summed E-state index contributed by atoms with van der Waals surface area (Å²) in [7, 11) is -3.74. The Balaban J connectivity index is 1.53. The molecule has 180 valence electrons. The third-order valence-corrected chi connectivity index (χ3v) is 6.78. The minimum Gasteiger partial charge on any atom is -0.446 e. The van der Waals surface area contributed by atoms with Gasteiger partial charge in [0.25, 0.3) is 0 Å². The number of hydrogen-bond donors (Lipinski definition) is 4. The predicted molar refractivity (Wildman–Crippen MR) is 130 cm³/mol. The fourth-order valence-corrected chi connectivity index (χ4v) is 4.29. The highest BCUT2D eigenvalue weighted by molar-refractivity contribution is 9.10. The van der Waals surface area contributed by atoms with Gasteiger partial charge in [-0.3, -0.25) is 0 Å². The monoisotopic (exact) mass is 540 g/mol. The average molecular weight is 541 g/mol. The van der Waals surface area contributed by atoms with Crippen LogP contribution in [0.1, 0.15) is 45.4 Å². The zero-order valence-electron chi connectivity index (χ0n) is 18.4. The molecule has 0 radical (unpaired) electrons. The van der Waals surface area contributed by atoms with Crippen LogP contribution in [-0.4, -0.2) is 43.2 Å². The van der Waals surface area contributed by atoms with Gasteiger partial charge >= 0.3 is 6.09 Å². The van der Waals surface area contributed by atoms with Gasteiger partial charge < -0.3 is 20.7 Å². The number of carbonyl (C=O) groups excluding carboxylic acids is 1. The summed E-state index contributed by atoms with van der Waals surface area (Å²) in [4.78, 5) is 20.7. The molecule has 5 N–H and O–H groups in total. The molecule has 12 heteroatoms. The fraction of sp³-hybridized carbons (Fsp3) is 0.476. The van der Waals surface area contributed by atoms with Gasteiger partial charge in [0, 0.05) is 24.5 Å². The Labute approximate surface area is 202 Å². The molecule has 1 aliphatic carbocycles. The summed E-state index contributed by atoms with van der Waals surface area (Å²) in [6.45, 7) is 2.71. The summed E-state index contributed by atoms with van der Waals surface area (Å²) >= 11 is 3.48. The Bertz CT molecular complexity index is 1040. The van der Waals surface area contributed by atoms with E-state index in [1.807, 2.05) is 0 Å². The Hall–Kier alpha value is -2.44. The molecule has 1 heterocycles. The number of benzene rings is 1. The number of aromatic nitrogens is 2. The summed E-state index contributed by atoms with van der Waals surface area (Å²) in [6, 6.07) is 6.22. The second-order valence-electron chi connectivity index (χ2n) is 7.89. The summed E-state index contributed by atoms with van der Waals surface area (Å²) in [5.74, 6) is 1.01. The van der Waals surface area contributed by atoms with E-state index in [4.69, 9.17) is 9.88 Å². The minimum absolute atomic E-state index is 0.0325. The zero-order chi connectivity index (χ0) is 23.8. The molecule has 0 unspecified atom stereocenters. The second-order valence-corrected chi connectivity index (χ2v) is 10.3. The highest BCUT2D eigenvalue weighted by Gasteiger charge is 2.24. The zero-order valence-corrected chi connectivity index (χ0v) is 20.8. The van der Waals surface area contributed by atoms with Crippen LogP contribution in [0.5, 0.6) is 0 Å². The Morgan fingerprint density at radius 1 is 1.21 bits per heavy atom. The standard InChI is InChI=1S/C21H29BrN6O4S/c1-2-3-12-24-21(29)32-16-8-4-14(5-9-16)26-19-18(22)13-25-20(28-19)27-15-6-10-17(11-7-15)33(23,30)31/h6-7,10-11,13-14,16H,2-5,8-9,12H2,1H3,(H,24,29)(H2,23,30,31)(H2,25,26,27,28). The molecule has 3 rings (SSSR count). The molecule has 1 aromatic heterocycles. The normalized spacial score (nSPS) is 18.4. The van der Waals surface area contributed by atoms with Crippen molar-refractivity contribution < 1.29 is 17.9 Å². The Morgan fingerprint density at radius 2 is 1.91 bits per heavy atom. The molecule has 0 aliphatic heterocycles. The number of ether oxygens (including phenoxy) is 1. The van der Waals surface area contributed by atoms with E-state index in [0.717, 1.165) is 43.0 Å². The lowest BCUT2D eigenvalue weighted by Crippen LogP contribution is -2.34. The third kappa shape index (κ3) is 7.83. The highest BCUT2D eigenvalue weighted by atomic mass is 79.9. The molecule has 0 atom stereocenters. The van der Waals surface area contributed by atoms with E-state index in [2.05, 4.69) is 48.8 Å².